The van der Waals surface area contributed by atoms with Crippen LogP contribution in [0.3, 0.4) is 0 Å². The summed E-state index contributed by atoms with van der Waals surface area (Å²) in [6.45, 7) is 0. The van der Waals surface area contributed by atoms with Gasteiger partial charge in [-0.3, -0.25) is 9.10 Å². The molecule has 1 N–H and O–H groups in total. The van der Waals surface area contributed by atoms with Gasteiger partial charge in [0.2, 0.25) is 15.2 Å². The van der Waals surface area contributed by atoms with E-state index in [0.29, 0.717) is 17.3 Å². The van der Waals surface area contributed by atoms with Gasteiger partial charge < -0.3 is 5.32 Å². The average Bonchev–Trinajstić information content (AvgIpc) is 3.28. The Morgan fingerprint density at radius 2 is 2.00 bits per heavy atom. The Bertz CT molecular complexity index is 860. The van der Waals surface area contributed by atoms with E-state index in [0.717, 1.165) is 15.7 Å². The Morgan fingerprint density at radius 3 is 2.60 bits per heavy atom. The molecule has 10 heteroatoms. The highest BCUT2D eigenvalue weighted by molar-refractivity contribution is 8.01. The van der Waals surface area contributed by atoms with Crippen molar-refractivity contribution in [1.29, 1.82) is 0 Å². The number of hydrogen-bond donors (Lipinski definition) is 1. The Balaban J connectivity index is 1.56. The molecule has 1 aliphatic rings. The molecule has 25 heavy (non-hydrogen) atoms. The molecule has 0 unspecified atom stereocenters. The molecule has 0 atom stereocenters. The molecule has 0 aliphatic heterocycles. The first-order valence-electron chi connectivity index (χ1n) is 7.63. The molecular weight excluding hydrogens is 380 g/mol. The minimum Gasteiger partial charge on any atom is -0.357 e. The molecule has 1 heterocycles. The number of ketones is 1. The fraction of sp³-hybridized carbons (Fsp3) is 0.400. The molecule has 0 bridgehead atoms. The van der Waals surface area contributed by atoms with Crippen LogP contribution in [-0.2, 0) is 10.0 Å². The molecule has 0 spiro atoms. The molecule has 0 saturated heterocycles. The Kier molecular flexibility index (Phi) is 5.30. The minimum atomic E-state index is -3.31. The lowest BCUT2D eigenvalue weighted by atomic mass is 10.1. The maximum Gasteiger partial charge on any atom is 0.231 e. The number of hydrogen-bond acceptors (Lipinski definition) is 8. The number of Topliss-reactive ketones (excluding diaryl/α,β-unsaturated/α-hetero) is 1. The lowest BCUT2D eigenvalue weighted by Gasteiger charge is -2.16. The number of nitrogens with zero attached hydrogens (tertiary/aromatic N) is 3. The quantitative estimate of drug-likeness (QED) is 0.539. The van der Waals surface area contributed by atoms with Crippen LogP contribution in [0.25, 0.3) is 0 Å². The third-order valence-corrected chi connectivity index (χ3v) is 6.88. The maximum absolute atomic E-state index is 12.3. The highest BCUT2D eigenvalue weighted by atomic mass is 32.2. The Labute approximate surface area is 154 Å². The van der Waals surface area contributed by atoms with Gasteiger partial charge in [0.25, 0.3) is 0 Å². The van der Waals surface area contributed by atoms with Gasteiger partial charge in [0, 0.05) is 18.7 Å². The fourth-order valence-electron chi connectivity index (χ4n) is 1.99. The second kappa shape index (κ2) is 7.30. The number of benzene rings is 1. The Hall–Kier alpha value is -1.65. The van der Waals surface area contributed by atoms with Crippen molar-refractivity contribution in [3.8, 4) is 0 Å². The molecule has 1 aliphatic carbocycles. The largest absolute Gasteiger partial charge is 0.357 e. The summed E-state index contributed by atoms with van der Waals surface area (Å²) in [5, 5.41) is 12.2. The first kappa shape index (κ1) is 18.2. The summed E-state index contributed by atoms with van der Waals surface area (Å²) < 4.78 is 25.0. The second-order valence-corrected chi connectivity index (χ2v) is 9.99. The van der Waals surface area contributed by atoms with E-state index in [1.54, 1.807) is 24.3 Å². The summed E-state index contributed by atoms with van der Waals surface area (Å²) in [5.74, 6) is 0.227. The SMILES string of the molecule is CN(c1ccc(C(=O)CSc2nnc(NC3CC3)s2)cc1)S(C)(=O)=O. The van der Waals surface area contributed by atoms with Crippen molar-refractivity contribution in [2.45, 2.75) is 23.2 Å². The van der Waals surface area contributed by atoms with Crippen LogP contribution in [0.1, 0.15) is 23.2 Å². The number of rotatable bonds is 8. The smallest absolute Gasteiger partial charge is 0.231 e. The first-order chi connectivity index (χ1) is 11.8. The molecule has 7 nitrogen and oxygen atoms in total. The van der Waals surface area contributed by atoms with E-state index in [-0.39, 0.29) is 11.5 Å². The molecular formula is C15H18N4O3S3. The molecule has 0 radical (unpaired) electrons. The lowest BCUT2D eigenvalue weighted by Crippen LogP contribution is -2.24. The number of thioether (sulfide) groups is 1. The van der Waals surface area contributed by atoms with E-state index in [9.17, 15) is 13.2 Å². The predicted molar refractivity (Wildman–Crippen MR) is 101 cm³/mol. The van der Waals surface area contributed by atoms with Crippen LogP contribution in [0.5, 0.6) is 0 Å². The number of nitrogens with one attached hydrogen (secondary N) is 1. The van der Waals surface area contributed by atoms with Crippen LogP contribution in [0.4, 0.5) is 10.8 Å². The van der Waals surface area contributed by atoms with Gasteiger partial charge in [-0.25, -0.2) is 8.42 Å². The zero-order valence-corrected chi connectivity index (χ0v) is 16.2. The van der Waals surface area contributed by atoms with Crippen molar-refractivity contribution < 1.29 is 13.2 Å². The highest BCUT2D eigenvalue weighted by Gasteiger charge is 2.22. The first-order valence-corrected chi connectivity index (χ1v) is 11.3. The topological polar surface area (TPSA) is 92.3 Å². The summed E-state index contributed by atoms with van der Waals surface area (Å²) in [5.41, 5.74) is 1.06. The van der Waals surface area contributed by atoms with Gasteiger partial charge in [-0.15, -0.1) is 10.2 Å². The van der Waals surface area contributed by atoms with Gasteiger partial charge in [0.05, 0.1) is 17.7 Å². The van der Waals surface area contributed by atoms with Crippen LogP contribution >= 0.6 is 23.1 Å². The molecule has 2 aromatic rings. The lowest BCUT2D eigenvalue weighted by molar-refractivity contribution is 0.102. The van der Waals surface area contributed by atoms with E-state index in [1.165, 1.54) is 47.3 Å². The monoisotopic (exact) mass is 398 g/mol. The Morgan fingerprint density at radius 1 is 1.32 bits per heavy atom. The molecule has 0 amide bonds. The van der Waals surface area contributed by atoms with E-state index in [1.807, 2.05) is 0 Å². The highest BCUT2D eigenvalue weighted by Crippen LogP contribution is 2.30. The average molecular weight is 399 g/mol. The van der Waals surface area contributed by atoms with Crippen LogP contribution in [0.2, 0.25) is 0 Å². The van der Waals surface area contributed by atoms with Gasteiger partial charge in [-0.1, -0.05) is 23.1 Å². The van der Waals surface area contributed by atoms with E-state index < -0.39 is 10.0 Å². The van der Waals surface area contributed by atoms with Crippen molar-refractivity contribution in [3.63, 3.8) is 0 Å². The van der Waals surface area contributed by atoms with Crippen LogP contribution in [0, 0.1) is 0 Å². The van der Waals surface area contributed by atoms with Crippen molar-refractivity contribution >= 4 is 49.7 Å². The van der Waals surface area contributed by atoms with Gasteiger partial charge in [-0.05, 0) is 37.1 Å². The normalized spacial score (nSPS) is 14.3. The van der Waals surface area contributed by atoms with Crippen molar-refractivity contribution in [2.75, 3.05) is 28.7 Å². The van der Waals surface area contributed by atoms with Gasteiger partial charge in [-0.2, -0.15) is 0 Å². The van der Waals surface area contributed by atoms with Crippen LogP contribution < -0.4 is 9.62 Å². The van der Waals surface area contributed by atoms with Crippen molar-refractivity contribution in [3.05, 3.63) is 29.8 Å². The van der Waals surface area contributed by atoms with E-state index in [2.05, 4.69) is 15.5 Å². The number of carbonyl (C=O) groups is 1. The number of carbonyl (C=O) groups excluding carboxylic acids is 1. The molecule has 3 rings (SSSR count). The van der Waals surface area contributed by atoms with E-state index in [4.69, 9.17) is 0 Å². The number of aromatic nitrogens is 2. The third-order valence-electron chi connectivity index (χ3n) is 3.69. The molecule has 1 fully saturated rings. The zero-order chi connectivity index (χ0) is 18.0. The predicted octanol–water partition coefficient (Wildman–Crippen LogP) is 2.48. The molecule has 134 valence electrons. The van der Waals surface area contributed by atoms with Gasteiger partial charge in [0.15, 0.2) is 10.1 Å². The summed E-state index contributed by atoms with van der Waals surface area (Å²) in [4.78, 5) is 12.3. The summed E-state index contributed by atoms with van der Waals surface area (Å²) in [6.07, 6.45) is 3.48. The summed E-state index contributed by atoms with van der Waals surface area (Å²) >= 11 is 2.81. The fourth-order valence-corrected chi connectivity index (χ4v) is 4.22. The number of sulfonamides is 1. The number of anilines is 2. The maximum atomic E-state index is 12.3. The van der Waals surface area contributed by atoms with Crippen molar-refractivity contribution in [1.82, 2.24) is 10.2 Å². The minimum absolute atomic E-state index is 0.0366. The zero-order valence-electron chi connectivity index (χ0n) is 13.8. The molecule has 1 saturated carbocycles. The van der Waals surface area contributed by atoms with Crippen molar-refractivity contribution in [2.24, 2.45) is 0 Å². The summed E-state index contributed by atoms with van der Waals surface area (Å²) in [7, 11) is -1.84. The van der Waals surface area contributed by atoms with Crippen LogP contribution in [-0.4, -0.2) is 49.5 Å². The third kappa shape index (κ3) is 4.93. The van der Waals surface area contributed by atoms with E-state index >= 15 is 0 Å². The molecule has 1 aromatic heterocycles. The van der Waals surface area contributed by atoms with Gasteiger partial charge in [0.1, 0.15) is 0 Å². The second-order valence-electron chi connectivity index (χ2n) is 5.78. The van der Waals surface area contributed by atoms with Crippen LogP contribution in [0.15, 0.2) is 28.6 Å². The standard InChI is InChI=1S/C15H18N4O3S3/c1-19(25(2,21)22)12-7-3-10(4-8-12)13(20)9-23-15-18-17-14(24-15)16-11-5-6-11/h3-4,7-8,11H,5-6,9H2,1-2H3,(H,16,17). The summed E-state index contributed by atoms with van der Waals surface area (Å²) in [6, 6.07) is 7.06. The molecule has 1 aromatic carbocycles. The van der Waals surface area contributed by atoms with Gasteiger partial charge >= 0.3 is 0 Å².